The van der Waals surface area contributed by atoms with Crippen LogP contribution in [0, 0.1) is 5.92 Å². The van der Waals surface area contributed by atoms with Gasteiger partial charge in [0.15, 0.2) is 0 Å². The Bertz CT molecular complexity index is 766. The molecule has 0 spiro atoms. The molecule has 1 fully saturated rings. The minimum absolute atomic E-state index is 0.0855. The molecule has 1 aromatic carbocycles. The van der Waals surface area contributed by atoms with Gasteiger partial charge >= 0.3 is 0 Å². The Balaban J connectivity index is 2.10. The van der Waals surface area contributed by atoms with Crippen molar-refractivity contribution in [3.05, 3.63) is 28.8 Å². The molecule has 9 heteroatoms. The Labute approximate surface area is 152 Å². The van der Waals surface area contributed by atoms with Crippen molar-refractivity contribution in [2.24, 2.45) is 5.92 Å². The average molecular weight is 389 g/mol. The number of sulfonamides is 1. The number of carbonyl (C=O) groups is 2. The summed E-state index contributed by atoms with van der Waals surface area (Å²) in [5.74, 6) is -1.69. The molecule has 0 bridgehead atoms. The van der Waals surface area contributed by atoms with Gasteiger partial charge in [-0.2, -0.15) is 0 Å². The van der Waals surface area contributed by atoms with Gasteiger partial charge in [-0.25, -0.2) is 12.7 Å². The molecule has 1 aliphatic rings. The molecule has 138 valence electrons. The lowest BCUT2D eigenvalue weighted by Crippen LogP contribution is -2.30. The second kappa shape index (κ2) is 8.16. The van der Waals surface area contributed by atoms with Crippen molar-refractivity contribution in [2.75, 3.05) is 29.8 Å². The smallest absolute Gasteiger partial charge is 0.252 e. The van der Waals surface area contributed by atoms with Crippen LogP contribution in [0.3, 0.4) is 0 Å². The highest BCUT2D eigenvalue weighted by Gasteiger charge is 2.42. The van der Waals surface area contributed by atoms with Gasteiger partial charge in [0.1, 0.15) is 0 Å². The average Bonchev–Trinajstić information content (AvgIpc) is 2.74. The fourth-order valence-electron chi connectivity index (χ4n) is 2.52. The summed E-state index contributed by atoms with van der Waals surface area (Å²) in [6.07, 6.45) is 0.674. The molecule has 1 heterocycles. The van der Waals surface area contributed by atoms with E-state index >= 15 is 0 Å². The lowest BCUT2D eigenvalue weighted by Gasteiger charge is -2.16. The van der Waals surface area contributed by atoms with E-state index in [-0.39, 0.29) is 27.9 Å². The fraction of sp³-hybridized carbons (Fsp3) is 0.500. The van der Waals surface area contributed by atoms with Gasteiger partial charge in [0, 0.05) is 19.8 Å². The standard InChI is InChI=1S/C16H21ClN2O5S/c1-3-24-8-4-7-18-15(20)13-6-5-12(9-14(13)17)19-16(21)11(2)10-25(19,22)23/h5-6,9,11H,3-4,7-8,10H2,1-2H3,(H,18,20). The Morgan fingerprint density at radius 3 is 2.72 bits per heavy atom. The molecule has 1 aliphatic heterocycles. The number of hydrogen-bond acceptors (Lipinski definition) is 5. The molecule has 1 saturated heterocycles. The van der Waals surface area contributed by atoms with E-state index in [1.54, 1.807) is 6.92 Å². The number of amides is 2. The van der Waals surface area contributed by atoms with Gasteiger partial charge in [-0.1, -0.05) is 18.5 Å². The maximum atomic E-state index is 12.1. The summed E-state index contributed by atoms with van der Waals surface area (Å²) >= 11 is 6.12. The monoisotopic (exact) mass is 388 g/mol. The predicted octanol–water partition coefficient (Wildman–Crippen LogP) is 1.81. The second-order valence-electron chi connectivity index (χ2n) is 5.75. The number of benzene rings is 1. The first-order valence-electron chi connectivity index (χ1n) is 8.00. The van der Waals surface area contributed by atoms with Crippen molar-refractivity contribution >= 4 is 39.1 Å². The Kier molecular flexibility index (Phi) is 6.42. The molecule has 1 aromatic rings. The Morgan fingerprint density at radius 1 is 1.44 bits per heavy atom. The normalized spacial score (nSPS) is 19.2. The van der Waals surface area contributed by atoms with Crippen LogP contribution in [0.25, 0.3) is 0 Å². The summed E-state index contributed by atoms with van der Waals surface area (Å²) in [6.45, 7) is 5.07. The van der Waals surface area contributed by atoms with E-state index in [4.69, 9.17) is 16.3 Å². The molecular formula is C16H21ClN2O5S. The maximum Gasteiger partial charge on any atom is 0.252 e. The van der Waals surface area contributed by atoms with Gasteiger partial charge in [-0.05, 0) is 31.5 Å². The lowest BCUT2D eigenvalue weighted by atomic mass is 10.1. The second-order valence-corrected chi connectivity index (χ2v) is 8.02. The summed E-state index contributed by atoms with van der Waals surface area (Å²) in [6, 6.07) is 4.15. The zero-order valence-corrected chi connectivity index (χ0v) is 15.7. The third-order valence-corrected chi connectivity index (χ3v) is 5.93. The van der Waals surface area contributed by atoms with Gasteiger partial charge in [0.2, 0.25) is 15.9 Å². The number of nitrogens with one attached hydrogen (secondary N) is 1. The van der Waals surface area contributed by atoms with E-state index in [9.17, 15) is 18.0 Å². The van der Waals surface area contributed by atoms with Crippen LogP contribution in [-0.2, 0) is 19.6 Å². The van der Waals surface area contributed by atoms with Gasteiger partial charge < -0.3 is 10.1 Å². The van der Waals surface area contributed by atoms with Crippen molar-refractivity contribution in [1.82, 2.24) is 5.32 Å². The molecule has 0 radical (unpaired) electrons. The van der Waals surface area contributed by atoms with Crippen LogP contribution in [0.1, 0.15) is 30.6 Å². The molecule has 1 unspecified atom stereocenters. The molecule has 0 saturated carbocycles. The number of hydrogen-bond donors (Lipinski definition) is 1. The summed E-state index contributed by atoms with van der Waals surface area (Å²) in [5, 5.41) is 2.80. The van der Waals surface area contributed by atoms with Crippen molar-refractivity contribution in [2.45, 2.75) is 20.3 Å². The quantitative estimate of drug-likeness (QED) is 0.719. The number of halogens is 1. The zero-order chi connectivity index (χ0) is 18.6. The number of carbonyl (C=O) groups excluding carboxylic acids is 2. The minimum atomic E-state index is -3.70. The largest absolute Gasteiger partial charge is 0.382 e. The summed E-state index contributed by atoms with van der Waals surface area (Å²) in [4.78, 5) is 24.2. The third-order valence-electron chi connectivity index (χ3n) is 3.75. The zero-order valence-electron chi connectivity index (χ0n) is 14.1. The number of rotatable bonds is 7. The van der Waals surface area contributed by atoms with E-state index in [1.165, 1.54) is 18.2 Å². The van der Waals surface area contributed by atoms with E-state index < -0.39 is 21.8 Å². The van der Waals surface area contributed by atoms with Crippen LogP contribution >= 0.6 is 11.6 Å². The molecular weight excluding hydrogens is 368 g/mol. The highest BCUT2D eigenvalue weighted by atomic mass is 35.5. The van der Waals surface area contributed by atoms with Crippen molar-refractivity contribution in [3.8, 4) is 0 Å². The van der Waals surface area contributed by atoms with Crippen LogP contribution < -0.4 is 9.62 Å². The summed E-state index contributed by atoms with van der Waals surface area (Å²) in [5.41, 5.74) is 0.367. The van der Waals surface area contributed by atoms with E-state index in [0.29, 0.717) is 26.2 Å². The Hall–Kier alpha value is -1.64. The molecule has 1 N–H and O–H groups in total. The molecule has 7 nitrogen and oxygen atoms in total. The number of ether oxygens (including phenoxy) is 1. The van der Waals surface area contributed by atoms with Crippen LogP contribution in [0.5, 0.6) is 0 Å². The molecule has 2 rings (SSSR count). The first-order chi connectivity index (χ1) is 11.8. The Morgan fingerprint density at radius 2 is 2.16 bits per heavy atom. The molecule has 0 aliphatic carbocycles. The summed E-state index contributed by atoms with van der Waals surface area (Å²) < 4.78 is 30.2. The predicted molar refractivity (Wildman–Crippen MR) is 95.3 cm³/mol. The van der Waals surface area contributed by atoms with Crippen molar-refractivity contribution in [3.63, 3.8) is 0 Å². The maximum absolute atomic E-state index is 12.1. The first kappa shape index (κ1) is 19.7. The SMILES string of the molecule is CCOCCCNC(=O)c1ccc(N2C(=O)C(C)CS2(=O)=O)cc1Cl. The fourth-order valence-corrected chi connectivity index (χ4v) is 4.59. The van der Waals surface area contributed by atoms with Crippen molar-refractivity contribution in [1.29, 1.82) is 0 Å². The molecule has 0 aromatic heterocycles. The van der Waals surface area contributed by atoms with Gasteiger partial charge in [-0.3, -0.25) is 9.59 Å². The van der Waals surface area contributed by atoms with Crippen molar-refractivity contribution < 1.29 is 22.7 Å². The molecule has 2 amide bonds. The minimum Gasteiger partial charge on any atom is -0.382 e. The highest BCUT2D eigenvalue weighted by Crippen LogP contribution is 2.31. The molecule has 1 atom stereocenters. The van der Waals surface area contributed by atoms with E-state index in [0.717, 1.165) is 4.31 Å². The van der Waals surface area contributed by atoms with E-state index in [1.807, 2.05) is 6.92 Å². The summed E-state index contributed by atoms with van der Waals surface area (Å²) in [7, 11) is -3.70. The van der Waals surface area contributed by atoms with Crippen LogP contribution in [0.15, 0.2) is 18.2 Å². The highest BCUT2D eigenvalue weighted by molar-refractivity contribution is 7.94. The van der Waals surface area contributed by atoms with Crippen LogP contribution in [0.2, 0.25) is 5.02 Å². The van der Waals surface area contributed by atoms with Gasteiger partial charge in [0.05, 0.1) is 27.9 Å². The van der Waals surface area contributed by atoms with E-state index in [2.05, 4.69) is 5.32 Å². The number of anilines is 1. The van der Waals surface area contributed by atoms with Crippen LogP contribution in [-0.4, -0.2) is 45.7 Å². The van der Waals surface area contributed by atoms with Gasteiger partial charge in [0.25, 0.3) is 5.91 Å². The number of nitrogens with zero attached hydrogens (tertiary/aromatic N) is 1. The molecule has 25 heavy (non-hydrogen) atoms. The third kappa shape index (κ3) is 4.50. The topological polar surface area (TPSA) is 92.8 Å². The first-order valence-corrected chi connectivity index (χ1v) is 9.99. The van der Waals surface area contributed by atoms with Crippen LogP contribution in [0.4, 0.5) is 5.69 Å². The van der Waals surface area contributed by atoms with Gasteiger partial charge in [-0.15, -0.1) is 0 Å². The lowest BCUT2D eigenvalue weighted by molar-refractivity contribution is -0.119.